The molecule has 0 aliphatic heterocycles. The van der Waals surface area contributed by atoms with Crippen LogP contribution in [-0.2, 0) is 0 Å². The minimum absolute atomic E-state index is 0.120. The summed E-state index contributed by atoms with van der Waals surface area (Å²) >= 11 is 5.59. The van der Waals surface area contributed by atoms with Crippen LogP contribution in [0.25, 0.3) is 0 Å². The lowest BCUT2D eigenvalue weighted by Crippen LogP contribution is -2.37. The van der Waals surface area contributed by atoms with Crippen molar-refractivity contribution in [3.63, 3.8) is 0 Å². The fraction of sp³-hybridized carbons (Fsp3) is 0.545. The van der Waals surface area contributed by atoms with Crippen molar-refractivity contribution in [2.24, 2.45) is 5.92 Å². The first-order valence-corrected chi connectivity index (χ1v) is 5.70. The number of carbonyl (C=O) groups excluding carboxylic acids is 1. The predicted molar refractivity (Wildman–Crippen MR) is 63.4 cm³/mol. The maximum atomic E-state index is 11.7. The van der Waals surface area contributed by atoms with Crippen LogP contribution in [0.3, 0.4) is 0 Å². The molecule has 0 fully saturated rings. The molecule has 2 unspecified atom stereocenters. The van der Waals surface area contributed by atoms with Crippen molar-refractivity contribution in [1.29, 1.82) is 0 Å². The standard InChI is InChI=1S/C11H16ClN3O/c1-4-7(2)8(3)15-11(16)9-5-14-10(12)6-13-9/h5-8H,4H2,1-3H3,(H,15,16). The fourth-order valence-electron chi connectivity index (χ4n) is 1.21. The average molecular weight is 242 g/mol. The van der Waals surface area contributed by atoms with E-state index in [0.29, 0.717) is 11.6 Å². The highest BCUT2D eigenvalue weighted by Gasteiger charge is 2.15. The Morgan fingerprint density at radius 1 is 1.44 bits per heavy atom. The van der Waals surface area contributed by atoms with Gasteiger partial charge >= 0.3 is 0 Å². The second-order valence-corrected chi connectivity index (χ2v) is 4.26. The van der Waals surface area contributed by atoms with Crippen molar-refractivity contribution in [2.45, 2.75) is 33.2 Å². The first kappa shape index (κ1) is 12.9. The summed E-state index contributed by atoms with van der Waals surface area (Å²) in [6.45, 7) is 6.17. The highest BCUT2D eigenvalue weighted by atomic mass is 35.5. The molecular formula is C11H16ClN3O. The zero-order chi connectivity index (χ0) is 12.1. The molecule has 88 valence electrons. The quantitative estimate of drug-likeness (QED) is 0.880. The highest BCUT2D eigenvalue weighted by Crippen LogP contribution is 2.07. The Labute approximate surface area is 100 Å². The third-order valence-corrected chi connectivity index (χ3v) is 2.90. The normalized spacial score (nSPS) is 14.2. The van der Waals surface area contributed by atoms with E-state index in [1.165, 1.54) is 12.4 Å². The van der Waals surface area contributed by atoms with Gasteiger partial charge in [-0.25, -0.2) is 9.97 Å². The molecule has 0 bridgehead atoms. The smallest absolute Gasteiger partial charge is 0.271 e. The zero-order valence-electron chi connectivity index (χ0n) is 9.70. The molecule has 0 aromatic carbocycles. The van der Waals surface area contributed by atoms with Crippen molar-refractivity contribution >= 4 is 17.5 Å². The first-order valence-electron chi connectivity index (χ1n) is 5.33. The Bertz CT molecular complexity index is 353. The Balaban J connectivity index is 2.62. The third kappa shape index (κ3) is 3.45. The predicted octanol–water partition coefficient (Wildman–Crippen LogP) is 2.29. The number of rotatable bonds is 4. The van der Waals surface area contributed by atoms with Crippen molar-refractivity contribution in [3.8, 4) is 0 Å². The summed E-state index contributed by atoms with van der Waals surface area (Å²) in [6, 6.07) is 0.120. The molecule has 2 atom stereocenters. The highest BCUT2D eigenvalue weighted by molar-refractivity contribution is 6.29. The van der Waals surface area contributed by atoms with E-state index in [1.807, 2.05) is 6.92 Å². The fourth-order valence-corrected chi connectivity index (χ4v) is 1.30. The van der Waals surface area contributed by atoms with Crippen LogP contribution in [0, 0.1) is 5.92 Å². The van der Waals surface area contributed by atoms with Crippen LogP contribution in [-0.4, -0.2) is 21.9 Å². The maximum absolute atomic E-state index is 11.7. The summed E-state index contributed by atoms with van der Waals surface area (Å²) in [5, 5.41) is 3.17. The lowest BCUT2D eigenvalue weighted by Gasteiger charge is -2.19. The number of hydrogen-bond acceptors (Lipinski definition) is 3. The largest absolute Gasteiger partial charge is 0.348 e. The molecule has 5 heteroatoms. The van der Waals surface area contributed by atoms with E-state index in [0.717, 1.165) is 6.42 Å². The SMILES string of the molecule is CCC(C)C(C)NC(=O)c1cnc(Cl)cn1. The van der Waals surface area contributed by atoms with Gasteiger partial charge in [0, 0.05) is 6.04 Å². The summed E-state index contributed by atoms with van der Waals surface area (Å²) < 4.78 is 0. The molecule has 16 heavy (non-hydrogen) atoms. The van der Waals surface area contributed by atoms with E-state index in [4.69, 9.17) is 11.6 Å². The average Bonchev–Trinajstić information content (AvgIpc) is 2.28. The molecule has 0 saturated carbocycles. The molecule has 1 heterocycles. The minimum Gasteiger partial charge on any atom is -0.348 e. The van der Waals surface area contributed by atoms with E-state index < -0.39 is 0 Å². The summed E-state index contributed by atoms with van der Waals surface area (Å²) in [4.78, 5) is 19.5. The molecule has 1 amide bonds. The lowest BCUT2D eigenvalue weighted by molar-refractivity contribution is 0.0922. The van der Waals surface area contributed by atoms with Gasteiger partial charge in [-0.3, -0.25) is 4.79 Å². The molecule has 0 spiro atoms. The van der Waals surface area contributed by atoms with Gasteiger partial charge in [0.15, 0.2) is 0 Å². The molecule has 0 saturated heterocycles. The molecule has 0 radical (unpaired) electrons. The van der Waals surface area contributed by atoms with Gasteiger partial charge in [0.1, 0.15) is 10.8 Å². The van der Waals surface area contributed by atoms with E-state index in [9.17, 15) is 4.79 Å². The first-order chi connectivity index (χ1) is 7.54. The molecule has 1 aromatic rings. The summed E-state index contributed by atoms with van der Waals surface area (Å²) in [5.74, 6) is 0.223. The van der Waals surface area contributed by atoms with Gasteiger partial charge < -0.3 is 5.32 Å². The number of nitrogens with zero attached hydrogens (tertiary/aromatic N) is 2. The second-order valence-electron chi connectivity index (χ2n) is 3.87. The van der Waals surface area contributed by atoms with Gasteiger partial charge in [-0.15, -0.1) is 0 Å². The number of nitrogens with one attached hydrogen (secondary N) is 1. The number of carbonyl (C=O) groups is 1. The number of hydrogen-bond donors (Lipinski definition) is 1. The van der Waals surface area contributed by atoms with Gasteiger partial charge in [-0.1, -0.05) is 31.9 Å². The Morgan fingerprint density at radius 3 is 2.62 bits per heavy atom. The zero-order valence-corrected chi connectivity index (χ0v) is 10.5. The Kier molecular flexibility index (Phi) is 4.68. The third-order valence-electron chi connectivity index (χ3n) is 2.71. The van der Waals surface area contributed by atoms with Crippen molar-refractivity contribution in [3.05, 3.63) is 23.2 Å². The lowest BCUT2D eigenvalue weighted by atomic mass is 10.0. The van der Waals surface area contributed by atoms with Gasteiger partial charge in [-0.05, 0) is 12.8 Å². The summed E-state index contributed by atoms with van der Waals surface area (Å²) in [6.07, 6.45) is 3.76. The van der Waals surface area contributed by atoms with Crippen molar-refractivity contribution in [2.75, 3.05) is 0 Å². The monoisotopic (exact) mass is 241 g/mol. The van der Waals surface area contributed by atoms with E-state index >= 15 is 0 Å². The van der Waals surface area contributed by atoms with Crippen molar-refractivity contribution < 1.29 is 4.79 Å². The van der Waals surface area contributed by atoms with Crippen molar-refractivity contribution in [1.82, 2.24) is 15.3 Å². The molecule has 1 N–H and O–H groups in total. The van der Waals surface area contributed by atoms with Crippen LogP contribution in [0.1, 0.15) is 37.7 Å². The van der Waals surface area contributed by atoms with Gasteiger partial charge in [0.05, 0.1) is 12.4 Å². The van der Waals surface area contributed by atoms with Gasteiger partial charge in [-0.2, -0.15) is 0 Å². The summed E-state index contributed by atoms with van der Waals surface area (Å²) in [5.41, 5.74) is 0.291. The topological polar surface area (TPSA) is 54.9 Å². The molecular weight excluding hydrogens is 226 g/mol. The van der Waals surface area contributed by atoms with E-state index in [1.54, 1.807) is 0 Å². The van der Waals surface area contributed by atoms with Gasteiger partial charge in [0.25, 0.3) is 5.91 Å². The number of halogens is 1. The Morgan fingerprint density at radius 2 is 2.12 bits per heavy atom. The van der Waals surface area contributed by atoms with Crippen LogP contribution in [0.5, 0.6) is 0 Å². The molecule has 1 rings (SSSR count). The summed E-state index contributed by atoms with van der Waals surface area (Å²) in [7, 11) is 0. The van der Waals surface area contributed by atoms with Crippen LogP contribution in [0.4, 0.5) is 0 Å². The molecule has 4 nitrogen and oxygen atoms in total. The minimum atomic E-state index is -0.211. The molecule has 1 aromatic heterocycles. The van der Waals surface area contributed by atoms with Crippen LogP contribution < -0.4 is 5.32 Å². The van der Waals surface area contributed by atoms with Crippen LogP contribution >= 0.6 is 11.6 Å². The van der Waals surface area contributed by atoms with E-state index in [-0.39, 0.29) is 17.1 Å². The van der Waals surface area contributed by atoms with Crippen LogP contribution in [0.2, 0.25) is 5.15 Å². The van der Waals surface area contributed by atoms with Crippen LogP contribution in [0.15, 0.2) is 12.4 Å². The maximum Gasteiger partial charge on any atom is 0.271 e. The number of aromatic nitrogens is 2. The second kappa shape index (κ2) is 5.80. The van der Waals surface area contributed by atoms with Gasteiger partial charge in [0.2, 0.25) is 0 Å². The number of amides is 1. The van der Waals surface area contributed by atoms with E-state index in [2.05, 4.69) is 29.1 Å². The molecule has 0 aliphatic carbocycles. The molecule has 0 aliphatic rings. The Hall–Kier alpha value is -1.16.